The highest BCUT2D eigenvalue weighted by atomic mass is 35.5. The molecule has 0 aromatic heterocycles. The van der Waals surface area contributed by atoms with Gasteiger partial charge in [-0.2, -0.15) is 0 Å². The third-order valence-electron chi connectivity index (χ3n) is 3.63. The van der Waals surface area contributed by atoms with Crippen LogP contribution in [-0.2, 0) is 11.2 Å². The Labute approximate surface area is 125 Å². The zero-order chi connectivity index (χ0) is 14.4. The average molecular weight is 296 g/mol. The van der Waals surface area contributed by atoms with Gasteiger partial charge in [0.05, 0.1) is 6.42 Å². The first-order chi connectivity index (χ1) is 9.65. The van der Waals surface area contributed by atoms with Gasteiger partial charge >= 0.3 is 0 Å². The summed E-state index contributed by atoms with van der Waals surface area (Å²) in [6.07, 6.45) is 0.415. The van der Waals surface area contributed by atoms with E-state index in [1.807, 2.05) is 36.2 Å². The number of nitrogens with zero attached hydrogens (tertiary/aromatic N) is 2. The fraction of sp³-hybridized carbons (Fsp3) is 0.533. The Morgan fingerprint density at radius 3 is 2.85 bits per heavy atom. The number of hydrogen-bond acceptors (Lipinski definition) is 3. The number of likely N-dealkylation sites (N-methyl/N-ethyl adjacent to an activating group) is 1. The molecule has 0 saturated carbocycles. The van der Waals surface area contributed by atoms with Gasteiger partial charge in [0, 0.05) is 51.3 Å². The van der Waals surface area contributed by atoms with Crippen LogP contribution in [-0.4, -0.2) is 62.0 Å². The Kier molecular flexibility index (Phi) is 5.83. The molecule has 1 heterocycles. The van der Waals surface area contributed by atoms with Gasteiger partial charge < -0.3 is 10.2 Å². The van der Waals surface area contributed by atoms with Crippen molar-refractivity contribution in [3.05, 3.63) is 34.9 Å². The second kappa shape index (κ2) is 7.62. The first-order valence-corrected chi connectivity index (χ1v) is 7.44. The van der Waals surface area contributed by atoms with Crippen molar-refractivity contribution >= 4 is 17.5 Å². The summed E-state index contributed by atoms with van der Waals surface area (Å²) in [6.45, 7) is 5.94. The van der Waals surface area contributed by atoms with Crippen LogP contribution in [0.1, 0.15) is 5.56 Å². The maximum absolute atomic E-state index is 12.1. The number of amides is 1. The minimum absolute atomic E-state index is 0.141. The lowest BCUT2D eigenvalue weighted by atomic mass is 10.1. The highest BCUT2D eigenvalue weighted by Gasteiger charge is 2.13. The first kappa shape index (κ1) is 15.3. The minimum atomic E-state index is 0.141. The van der Waals surface area contributed by atoms with E-state index in [2.05, 4.69) is 10.2 Å². The number of nitrogens with one attached hydrogen (secondary N) is 1. The maximum atomic E-state index is 12.1. The third-order valence-corrected chi connectivity index (χ3v) is 3.87. The first-order valence-electron chi connectivity index (χ1n) is 7.06. The van der Waals surface area contributed by atoms with Gasteiger partial charge in [0.25, 0.3) is 0 Å². The molecule has 0 aliphatic carbocycles. The van der Waals surface area contributed by atoms with E-state index in [1.54, 1.807) is 0 Å². The van der Waals surface area contributed by atoms with E-state index in [9.17, 15) is 4.79 Å². The summed E-state index contributed by atoms with van der Waals surface area (Å²) in [5.74, 6) is 0.141. The zero-order valence-corrected chi connectivity index (χ0v) is 12.7. The van der Waals surface area contributed by atoms with Crippen LogP contribution in [0.3, 0.4) is 0 Å². The normalized spacial score (nSPS) is 16.1. The molecule has 1 fully saturated rings. The van der Waals surface area contributed by atoms with Crippen molar-refractivity contribution in [3.63, 3.8) is 0 Å². The number of carbonyl (C=O) groups excluding carboxylic acids is 1. The molecule has 0 spiro atoms. The summed E-state index contributed by atoms with van der Waals surface area (Å²) in [5, 5.41) is 4.01. The van der Waals surface area contributed by atoms with E-state index in [0.29, 0.717) is 11.4 Å². The Morgan fingerprint density at radius 1 is 1.40 bits per heavy atom. The SMILES string of the molecule is CN(CCN1CCNCC1)C(=O)Cc1cccc(Cl)c1. The van der Waals surface area contributed by atoms with Crippen molar-refractivity contribution in [1.82, 2.24) is 15.1 Å². The van der Waals surface area contributed by atoms with Crippen LogP contribution in [0.5, 0.6) is 0 Å². The second-order valence-corrected chi connectivity index (χ2v) is 5.65. The fourth-order valence-electron chi connectivity index (χ4n) is 2.31. The molecular weight excluding hydrogens is 274 g/mol. The van der Waals surface area contributed by atoms with Crippen molar-refractivity contribution in [2.24, 2.45) is 0 Å². The van der Waals surface area contributed by atoms with E-state index >= 15 is 0 Å². The largest absolute Gasteiger partial charge is 0.344 e. The van der Waals surface area contributed by atoms with Crippen molar-refractivity contribution in [3.8, 4) is 0 Å². The average Bonchev–Trinajstić information content (AvgIpc) is 2.46. The summed E-state index contributed by atoms with van der Waals surface area (Å²) in [7, 11) is 1.87. The Morgan fingerprint density at radius 2 is 2.15 bits per heavy atom. The lowest BCUT2D eigenvalue weighted by molar-refractivity contribution is -0.129. The highest BCUT2D eigenvalue weighted by Crippen LogP contribution is 2.11. The van der Waals surface area contributed by atoms with Crippen molar-refractivity contribution in [1.29, 1.82) is 0 Å². The molecule has 0 bridgehead atoms. The summed E-state index contributed by atoms with van der Waals surface area (Å²) in [6, 6.07) is 7.49. The Hall–Kier alpha value is -1.10. The Bertz CT molecular complexity index is 446. The number of piperazine rings is 1. The molecule has 1 N–H and O–H groups in total. The van der Waals surface area contributed by atoms with Crippen LogP contribution in [0, 0.1) is 0 Å². The highest BCUT2D eigenvalue weighted by molar-refractivity contribution is 6.30. The molecule has 1 saturated heterocycles. The molecule has 2 rings (SSSR count). The van der Waals surface area contributed by atoms with Crippen LogP contribution in [0.25, 0.3) is 0 Å². The second-order valence-electron chi connectivity index (χ2n) is 5.21. The van der Waals surface area contributed by atoms with Crippen LogP contribution in [0.15, 0.2) is 24.3 Å². The lowest BCUT2D eigenvalue weighted by Crippen LogP contribution is -2.46. The van der Waals surface area contributed by atoms with E-state index in [1.165, 1.54) is 0 Å². The molecule has 1 aliphatic rings. The topological polar surface area (TPSA) is 35.6 Å². The molecule has 1 aromatic carbocycles. The van der Waals surface area contributed by atoms with Gasteiger partial charge in [-0.15, -0.1) is 0 Å². The summed E-state index contributed by atoms with van der Waals surface area (Å²) >= 11 is 5.93. The number of benzene rings is 1. The van der Waals surface area contributed by atoms with Gasteiger partial charge in [-0.25, -0.2) is 0 Å². The number of carbonyl (C=O) groups is 1. The molecule has 0 radical (unpaired) electrons. The lowest BCUT2D eigenvalue weighted by Gasteiger charge is -2.29. The summed E-state index contributed by atoms with van der Waals surface area (Å²) < 4.78 is 0. The fourth-order valence-corrected chi connectivity index (χ4v) is 2.52. The maximum Gasteiger partial charge on any atom is 0.226 e. The molecule has 1 amide bonds. The van der Waals surface area contributed by atoms with Gasteiger partial charge in [-0.05, 0) is 17.7 Å². The van der Waals surface area contributed by atoms with Gasteiger partial charge in [0.15, 0.2) is 0 Å². The minimum Gasteiger partial charge on any atom is -0.344 e. The third kappa shape index (κ3) is 4.78. The van der Waals surface area contributed by atoms with Crippen LogP contribution in [0.4, 0.5) is 0 Å². The van der Waals surface area contributed by atoms with Crippen molar-refractivity contribution in [2.75, 3.05) is 46.3 Å². The molecule has 0 unspecified atom stereocenters. The van der Waals surface area contributed by atoms with Gasteiger partial charge in [-0.1, -0.05) is 23.7 Å². The smallest absolute Gasteiger partial charge is 0.226 e. The summed E-state index contributed by atoms with van der Waals surface area (Å²) in [5.41, 5.74) is 0.969. The molecule has 110 valence electrons. The Balaban J connectivity index is 1.76. The van der Waals surface area contributed by atoms with Crippen LogP contribution < -0.4 is 5.32 Å². The molecule has 0 atom stereocenters. The van der Waals surface area contributed by atoms with Gasteiger partial charge in [0.2, 0.25) is 5.91 Å². The van der Waals surface area contributed by atoms with Crippen molar-refractivity contribution in [2.45, 2.75) is 6.42 Å². The number of hydrogen-bond donors (Lipinski definition) is 1. The van der Waals surface area contributed by atoms with Crippen LogP contribution >= 0.6 is 11.6 Å². The molecule has 4 nitrogen and oxygen atoms in total. The number of rotatable bonds is 5. The van der Waals surface area contributed by atoms with E-state index in [4.69, 9.17) is 11.6 Å². The van der Waals surface area contributed by atoms with E-state index in [-0.39, 0.29) is 5.91 Å². The number of halogens is 1. The van der Waals surface area contributed by atoms with E-state index in [0.717, 1.165) is 44.8 Å². The van der Waals surface area contributed by atoms with Crippen LogP contribution in [0.2, 0.25) is 5.02 Å². The van der Waals surface area contributed by atoms with E-state index < -0.39 is 0 Å². The monoisotopic (exact) mass is 295 g/mol. The van der Waals surface area contributed by atoms with Crippen molar-refractivity contribution < 1.29 is 4.79 Å². The molecule has 1 aromatic rings. The molecular formula is C15H22ClN3O. The van der Waals surface area contributed by atoms with Gasteiger partial charge in [-0.3, -0.25) is 9.69 Å². The summed E-state index contributed by atoms with van der Waals surface area (Å²) in [4.78, 5) is 16.3. The predicted octanol–water partition coefficient (Wildman–Crippen LogP) is 1.25. The predicted molar refractivity (Wildman–Crippen MR) is 82.1 cm³/mol. The van der Waals surface area contributed by atoms with Gasteiger partial charge in [0.1, 0.15) is 0 Å². The zero-order valence-electron chi connectivity index (χ0n) is 11.9. The molecule has 1 aliphatic heterocycles. The standard InChI is InChI=1S/C15H22ClN3O/c1-18(9-10-19-7-5-17-6-8-19)15(20)12-13-3-2-4-14(16)11-13/h2-4,11,17H,5-10,12H2,1H3. The molecule has 5 heteroatoms. The quantitative estimate of drug-likeness (QED) is 0.888. The molecule has 20 heavy (non-hydrogen) atoms.